The summed E-state index contributed by atoms with van der Waals surface area (Å²) < 4.78 is 12.9. The lowest BCUT2D eigenvalue weighted by Crippen LogP contribution is -2.27. The lowest BCUT2D eigenvalue weighted by Gasteiger charge is -2.08. The third kappa shape index (κ3) is 2.33. The van der Waals surface area contributed by atoms with E-state index in [0.717, 1.165) is 4.90 Å². The number of hydrogen-bond donors (Lipinski definition) is 1. The van der Waals surface area contributed by atoms with Gasteiger partial charge in [0, 0.05) is 10.5 Å². The molecule has 0 aromatic heterocycles. The van der Waals surface area contributed by atoms with Crippen LogP contribution in [0.25, 0.3) is 0 Å². The van der Waals surface area contributed by atoms with E-state index in [-0.39, 0.29) is 5.78 Å². The SMILES string of the molecule is CSc1ccc(F)cc1C(=O)C(C)N. The predicted molar refractivity (Wildman–Crippen MR) is 56.2 cm³/mol. The second-order valence-corrected chi connectivity index (χ2v) is 3.85. The monoisotopic (exact) mass is 213 g/mol. The normalized spacial score (nSPS) is 12.6. The Kier molecular flexibility index (Phi) is 3.66. The number of ketones is 1. The van der Waals surface area contributed by atoms with Gasteiger partial charge in [-0.15, -0.1) is 11.8 Å². The van der Waals surface area contributed by atoms with Crippen LogP contribution in [-0.2, 0) is 0 Å². The molecule has 1 rings (SSSR count). The molecular weight excluding hydrogens is 201 g/mol. The summed E-state index contributed by atoms with van der Waals surface area (Å²) >= 11 is 1.41. The molecule has 1 aromatic carbocycles. The number of thioether (sulfide) groups is 1. The molecule has 0 aliphatic carbocycles. The minimum absolute atomic E-state index is 0.228. The fourth-order valence-corrected chi connectivity index (χ4v) is 1.70. The van der Waals surface area contributed by atoms with Gasteiger partial charge in [-0.25, -0.2) is 4.39 Å². The second-order valence-electron chi connectivity index (χ2n) is 3.00. The van der Waals surface area contributed by atoms with Crippen molar-refractivity contribution < 1.29 is 9.18 Å². The Balaban J connectivity index is 3.17. The maximum absolute atomic E-state index is 12.9. The van der Waals surface area contributed by atoms with Crippen molar-refractivity contribution in [2.45, 2.75) is 17.9 Å². The van der Waals surface area contributed by atoms with Gasteiger partial charge >= 0.3 is 0 Å². The van der Waals surface area contributed by atoms with Gasteiger partial charge in [0.15, 0.2) is 5.78 Å². The van der Waals surface area contributed by atoms with E-state index in [0.29, 0.717) is 5.56 Å². The molecule has 0 saturated carbocycles. The summed E-state index contributed by atoms with van der Waals surface area (Å²) in [5, 5.41) is 0. The van der Waals surface area contributed by atoms with Gasteiger partial charge in [-0.2, -0.15) is 0 Å². The third-order valence-electron chi connectivity index (χ3n) is 1.84. The Hall–Kier alpha value is -0.870. The first-order chi connectivity index (χ1) is 6.56. The zero-order chi connectivity index (χ0) is 10.7. The largest absolute Gasteiger partial charge is 0.321 e. The van der Waals surface area contributed by atoms with E-state index in [1.165, 1.54) is 23.9 Å². The van der Waals surface area contributed by atoms with E-state index in [1.807, 2.05) is 6.26 Å². The van der Waals surface area contributed by atoms with Crippen LogP contribution in [0.4, 0.5) is 4.39 Å². The van der Waals surface area contributed by atoms with E-state index < -0.39 is 11.9 Å². The fraction of sp³-hybridized carbons (Fsp3) is 0.300. The Labute approximate surface area is 86.7 Å². The Morgan fingerprint density at radius 2 is 2.21 bits per heavy atom. The summed E-state index contributed by atoms with van der Waals surface area (Å²) in [5.74, 6) is -0.638. The van der Waals surface area contributed by atoms with Crippen LogP contribution >= 0.6 is 11.8 Å². The van der Waals surface area contributed by atoms with Crippen LogP contribution < -0.4 is 5.73 Å². The maximum Gasteiger partial charge on any atom is 0.180 e. The van der Waals surface area contributed by atoms with Crippen molar-refractivity contribution in [2.75, 3.05) is 6.26 Å². The number of carbonyl (C=O) groups is 1. The maximum atomic E-state index is 12.9. The van der Waals surface area contributed by atoms with Crippen LogP contribution in [0.15, 0.2) is 23.1 Å². The molecule has 0 heterocycles. The Bertz CT molecular complexity index is 352. The highest BCUT2D eigenvalue weighted by molar-refractivity contribution is 7.98. The van der Waals surface area contributed by atoms with E-state index in [9.17, 15) is 9.18 Å². The van der Waals surface area contributed by atoms with Crippen molar-refractivity contribution in [3.8, 4) is 0 Å². The van der Waals surface area contributed by atoms with E-state index in [2.05, 4.69) is 0 Å². The van der Waals surface area contributed by atoms with Crippen molar-refractivity contribution in [2.24, 2.45) is 5.73 Å². The highest BCUT2D eigenvalue weighted by Gasteiger charge is 2.15. The molecule has 0 amide bonds. The number of halogens is 1. The van der Waals surface area contributed by atoms with Crippen molar-refractivity contribution in [1.82, 2.24) is 0 Å². The molecule has 0 radical (unpaired) electrons. The average molecular weight is 213 g/mol. The summed E-state index contributed by atoms with van der Waals surface area (Å²) in [7, 11) is 0. The van der Waals surface area contributed by atoms with E-state index >= 15 is 0 Å². The van der Waals surface area contributed by atoms with Gasteiger partial charge in [-0.3, -0.25) is 4.79 Å². The lowest BCUT2D eigenvalue weighted by molar-refractivity contribution is 0.0964. The zero-order valence-electron chi connectivity index (χ0n) is 8.08. The molecule has 4 heteroatoms. The number of nitrogens with two attached hydrogens (primary N) is 1. The molecule has 1 atom stereocenters. The standard InChI is InChI=1S/C10H12FNOS/c1-6(12)10(13)8-5-7(11)3-4-9(8)14-2/h3-6H,12H2,1-2H3. The lowest BCUT2D eigenvalue weighted by atomic mass is 10.1. The smallest absolute Gasteiger partial charge is 0.180 e. The van der Waals surface area contributed by atoms with Gasteiger partial charge in [0.1, 0.15) is 5.82 Å². The third-order valence-corrected chi connectivity index (χ3v) is 2.64. The van der Waals surface area contributed by atoms with Gasteiger partial charge < -0.3 is 5.73 Å². The Morgan fingerprint density at radius 3 is 2.71 bits per heavy atom. The van der Waals surface area contributed by atoms with Gasteiger partial charge in [-0.1, -0.05) is 0 Å². The van der Waals surface area contributed by atoms with Crippen LogP contribution in [0.2, 0.25) is 0 Å². The zero-order valence-corrected chi connectivity index (χ0v) is 8.90. The predicted octanol–water partition coefficient (Wildman–Crippen LogP) is 2.08. The van der Waals surface area contributed by atoms with Crippen LogP contribution in [0, 0.1) is 5.82 Å². The molecule has 2 nitrogen and oxygen atoms in total. The molecular formula is C10H12FNOS. The van der Waals surface area contributed by atoms with Gasteiger partial charge in [0.25, 0.3) is 0 Å². The molecule has 14 heavy (non-hydrogen) atoms. The van der Waals surface area contributed by atoms with E-state index in [1.54, 1.807) is 13.0 Å². The van der Waals surface area contributed by atoms with Gasteiger partial charge in [0.2, 0.25) is 0 Å². The number of rotatable bonds is 3. The topological polar surface area (TPSA) is 43.1 Å². The summed E-state index contributed by atoms with van der Waals surface area (Å²) in [4.78, 5) is 12.3. The van der Waals surface area contributed by atoms with Gasteiger partial charge in [0.05, 0.1) is 6.04 Å². The number of benzene rings is 1. The van der Waals surface area contributed by atoms with Crippen LogP contribution in [0.3, 0.4) is 0 Å². The number of hydrogen-bond acceptors (Lipinski definition) is 3. The van der Waals surface area contributed by atoms with Crippen LogP contribution in [0.5, 0.6) is 0 Å². The average Bonchev–Trinajstić information content (AvgIpc) is 2.16. The molecule has 0 fully saturated rings. The number of carbonyl (C=O) groups excluding carboxylic acids is 1. The van der Waals surface area contributed by atoms with Crippen molar-refractivity contribution >= 4 is 17.5 Å². The quantitative estimate of drug-likeness (QED) is 0.617. The van der Waals surface area contributed by atoms with Crippen LogP contribution in [0.1, 0.15) is 17.3 Å². The molecule has 0 aliphatic heterocycles. The minimum Gasteiger partial charge on any atom is -0.321 e. The highest BCUT2D eigenvalue weighted by atomic mass is 32.2. The molecule has 0 saturated heterocycles. The first-order valence-corrected chi connectivity index (χ1v) is 5.42. The molecule has 0 bridgehead atoms. The highest BCUT2D eigenvalue weighted by Crippen LogP contribution is 2.22. The molecule has 1 unspecified atom stereocenters. The molecule has 0 aliphatic rings. The summed E-state index contributed by atoms with van der Waals surface area (Å²) in [6, 6.07) is 3.57. The van der Waals surface area contributed by atoms with Crippen molar-refractivity contribution in [3.05, 3.63) is 29.6 Å². The molecule has 1 aromatic rings. The first-order valence-electron chi connectivity index (χ1n) is 4.19. The fourth-order valence-electron chi connectivity index (χ4n) is 1.12. The number of Topliss-reactive ketones (excluding diaryl/α,β-unsaturated/α-hetero) is 1. The summed E-state index contributed by atoms with van der Waals surface area (Å²) in [5.41, 5.74) is 5.83. The second kappa shape index (κ2) is 4.57. The van der Waals surface area contributed by atoms with Crippen LogP contribution in [-0.4, -0.2) is 18.1 Å². The summed E-state index contributed by atoms with van der Waals surface area (Å²) in [6.45, 7) is 1.59. The minimum atomic E-state index is -0.595. The molecule has 2 N–H and O–H groups in total. The Morgan fingerprint density at radius 1 is 1.57 bits per heavy atom. The summed E-state index contributed by atoms with van der Waals surface area (Å²) in [6.07, 6.45) is 1.84. The molecule has 0 spiro atoms. The van der Waals surface area contributed by atoms with Crippen molar-refractivity contribution in [3.63, 3.8) is 0 Å². The first kappa shape index (κ1) is 11.2. The molecule has 76 valence electrons. The van der Waals surface area contributed by atoms with Gasteiger partial charge in [-0.05, 0) is 31.4 Å². The van der Waals surface area contributed by atoms with Crippen molar-refractivity contribution in [1.29, 1.82) is 0 Å². The van der Waals surface area contributed by atoms with E-state index in [4.69, 9.17) is 5.73 Å².